The van der Waals surface area contributed by atoms with E-state index in [1.54, 1.807) is 0 Å². The highest BCUT2D eigenvalue weighted by atomic mass is 32.2. The van der Waals surface area contributed by atoms with E-state index >= 15 is 0 Å². The van der Waals surface area contributed by atoms with Gasteiger partial charge >= 0.3 is 0 Å². The van der Waals surface area contributed by atoms with Crippen LogP contribution in [0.5, 0.6) is 0 Å². The number of nitrogens with zero attached hydrogens (tertiary/aromatic N) is 3. The Morgan fingerprint density at radius 1 is 1.00 bits per heavy atom. The van der Waals surface area contributed by atoms with Gasteiger partial charge in [0.05, 0.1) is 5.75 Å². The van der Waals surface area contributed by atoms with Gasteiger partial charge < -0.3 is 9.88 Å². The molecule has 6 heteroatoms. The molecule has 2 aromatic carbocycles. The fourth-order valence-electron chi connectivity index (χ4n) is 3.05. The van der Waals surface area contributed by atoms with Crippen LogP contribution >= 0.6 is 11.8 Å². The summed E-state index contributed by atoms with van der Waals surface area (Å²) in [5.41, 5.74) is 3.61. The van der Waals surface area contributed by atoms with Gasteiger partial charge in [0, 0.05) is 19.5 Å². The van der Waals surface area contributed by atoms with Gasteiger partial charge in [-0.05, 0) is 30.9 Å². The fraction of sp³-hybridized carbons (Fsp3) is 0.348. The van der Waals surface area contributed by atoms with E-state index in [4.69, 9.17) is 0 Å². The van der Waals surface area contributed by atoms with Crippen LogP contribution in [-0.4, -0.2) is 26.4 Å². The lowest BCUT2D eigenvalue weighted by Gasteiger charge is -2.09. The van der Waals surface area contributed by atoms with Crippen molar-refractivity contribution >= 4 is 17.7 Å². The van der Waals surface area contributed by atoms with Crippen molar-refractivity contribution in [3.8, 4) is 0 Å². The number of nitrogens with one attached hydrogen (secondary N) is 1. The molecule has 3 rings (SSSR count). The highest BCUT2D eigenvalue weighted by molar-refractivity contribution is 7.99. The zero-order chi connectivity index (χ0) is 20.5. The molecule has 1 amide bonds. The average Bonchev–Trinajstić information content (AvgIpc) is 3.13. The van der Waals surface area contributed by atoms with E-state index in [1.165, 1.54) is 22.9 Å². The predicted octanol–water partition coefficient (Wildman–Crippen LogP) is 4.19. The molecule has 0 aliphatic heterocycles. The Morgan fingerprint density at radius 2 is 1.76 bits per heavy atom. The average molecular weight is 409 g/mol. The largest absolute Gasteiger partial charge is 0.351 e. The number of carbonyl (C=O) groups is 1. The third-order valence-corrected chi connectivity index (χ3v) is 5.63. The first-order valence-electron chi connectivity index (χ1n) is 10.1. The van der Waals surface area contributed by atoms with Crippen molar-refractivity contribution in [2.24, 2.45) is 0 Å². The van der Waals surface area contributed by atoms with Gasteiger partial charge in [-0.15, -0.1) is 10.2 Å². The van der Waals surface area contributed by atoms with E-state index in [2.05, 4.69) is 70.3 Å². The molecule has 5 nitrogen and oxygen atoms in total. The molecule has 0 aliphatic rings. The van der Waals surface area contributed by atoms with Crippen molar-refractivity contribution < 1.29 is 4.79 Å². The lowest BCUT2D eigenvalue weighted by molar-refractivity contribution is -0.118. The summed E-state index contributed by atoms with van der Waals surface area (Å²) in [4.78, 5) is 12.3. The van der Waals surface area contributed by atoms with Gasteiger partial charge in [0.25, 0.3) is 0 Å². The van der Waals surface area contributed by atoms with E-state index in [0.29, 0.717) is 12.3 Å². The van der Waals surface area contributed by atoms with Gasteiger partial charge in [-0.3, -0.25) is 4.79 Å². The second-order valence-electron chi connectivity index (χ2n) is 7.09. The van der Waals surface area contributed by atoms with Gasteiger partial charge in [0.15, 0.2) is 5.16 Å². The molecule has 1 heterocycles. The number of hydrogen-bond acceptors (Lipinski definition) is 4. The molecule has 0 bridgehead atoms. The van der Waals surface area contributed by atoms with E-state index < -0.39 is 0 Å². The molecular formula is C23H28N4OS. The number of aromatic nitrogens is 3. The van der Waals surface area contributed by atoms with Crippen LogP contribution in [0.25, 0.3) is 0 Å². The number of rotatable bonds is 10. The molecule has 0 aliphatic carbocycles. The van der Waals surface area contributed by atoms with Crippen LogP contribution < -0.4 is 5.32 Å². The zero-order valence-electron chi connectivity index (χ0n) is 17.1. The maximum atomic E-state index is 12.3. The maximum Gasteiger partial charge on any atom is 0.230 e. The van der Waals surface area contributed by atoms with E-state index in [9.17, 15) is 4.79 Å². The summed E-state index contributed by atoms with van der Waals surface area (Å²) < 4.78 is 2.15. The number of benzene rings is 2. The SMILES string of the molecule is CCCn1c(CCc2ccccc2)nnc1SCC(=O)NCc1ccc(C)cc1. The summed E-state index contributed by atoms with van der Waals surface area (Å²) in [5.74, 6) is 1.33. The Morgan fingerprint density at radius 3 is 2.48 bits per heavy atom. The first kappa shape index (κ1) is 21.1. The van der Waals surface area contributed by atoms with Crippen LogP contribution in [0.2, 0.25) is 0 Å². The highest BCUT2D eigenvalue weighted by Gasteiger charge is 2.14. The van der Waals surface area contributed by atoms with Gasteiger partial charge in [0.2, 0.25) is 5.91 Å². The van der Waals surface area contributed by atoms with Crippen molar-refractivity contribution in [3.63, 3.8) is 0 Å². The molecule has 1 N–H and O–H groups in total. The second kappa shape index (κ2) is 10.8. The first-order chi connectivity index (χ1) is 14.2. The van der Waals surface area contributed by atoms with E-state index in [-0.39, 0.29) is 5.91 Å². The summed E-state index contributed by atoms with van der Waals surface area (Å²) in [7, 11) is 0. The fourth-order valence-corrected chi connectivity index (χ4v) is 3.86. The molecule has 0 saturated heterocycles. The number of amides is 1. The minimum absolute atomic E-state index is 0.00691. The monoisotopic (exact) mass is 408 g/mol. The van der Waals surface area contributed by atoms with Crippen molar-refractivity contribution in [1.82, 2.24) is 20.1 Å². The third kappa shape index (κ3) is 6.46. The van der Waals surface area contributed by atoms with Crippen molar-refractivity contribution in [3.05, 3.63) is 77.1 Å². The van der Waals surface area contributed by atoms with Crippen LogP contribution in [0.15, 0.2) is 59.8 Å². The number of carbonyl (C=O) groups excluding carboxylic acids is 1. The Bertz CT molecular complexity index is 906. The van der Waals surface area contributed by atoms with E-state index in [1.807, 2.05) is 18.2 Å². The number of aryl methyl sites for hydroxylation is 3. The lowest BCUT2D eigenvalue weighted by atomic mass is 10.1. The Labute approximate surface area is 176 Å². The molecule has 0 fully saturated rings. The molecule has 0 spiro atoms. The Kier molecular flexibility index (Phi) is 7.87. The maximum absolute atomic E-state index is 12.3. The molecule has 3 aromatic rings. The van der Waals surface area contributed by atoms with Gasteiger partial charge in [-0.2, -0.15) is 0 Å². The smallest absolute Gasteiger partial charge is 0.230 e. The molecule has 1 aromatic heterocycles. The third-order valence-electron chi connectivity index (χ3n) is 4.66. The molecule has 0 atom stereocenters. The van der Waals surface area contributed by atoms with Gasteiger partial charge in [-0.25, -0.2) is 0 Å². The minimum atomic E-state index is 0.00691. The number of hydrogen-bond donors (Lipinski definition) is 1. The normalized spacial score (nSPS) is 10.8. The van der Waals surface area contributed by atoms with Crippen molar-refractivity contribution in [2.75, 3.05) is 5.75 Å². The topological polar surface area (TPSA) is 59.8 Å². The lowest BCUT2D eigenvalue weighted by Crippen LogP contribution is -2.24. The summed E-state index contributed by atoms with van der Waals surface area (Å²) in [5, 5.41) is 12.5. The summed E-state index contributed by atoms with van der Waals surface area (Å²) in [6.45, 7) is 5.61. The summed E-state index contributed by atoms with van der Waals surface area (Å²) >= 11 is 1.45. The van der Waals surface area contributed by atoms with Gasteiger partial charge in [0.1, 0.15) is 5.82 Å². The molecule has 29 heavy (non-hydrogen) atoms. The van der Waals surface area contributed by atoms with Crippen LogP contribution in [0.1, 0.15) is 35.9 Å². The van der Waals surface area contributed by atoms with Crippen molar-refractivity contribution in [1.29, 1.82) is 0 Å². The first-order valence-corrected chi connectivity index (χ1v) is 11.1. The van der Waals surface area contributed by atoms with Gasteiger partial charge in [-0.1, -0.05) is 78.8 Å². The Balaban J connectivity index is 1.53. The Hall–Kier alpha value is -2.60. The quantitative estimate of drug-likeness (QED) is 0.511. The summed E-state index contributed by atoms with van der Waals surface area (Å²) in [6, 6.07) is 18.6. The second-order valence-corrected chi connectivity index (χ2v) is 8.03. The van der Waals surface area contributed by atoms with Crippen LogP contribution in [0.4, 0.5) is 0 Å². The molecular weight excluding hydrogens is 380 g/mol. The zero-order valence-corrected chi connectivity index (χ0v) is 17.9. The summed E-state index contributed by atoms with van der Waals surface area (Å²) in [6.07, 6.45) is 2.78. The molecule has 0 unspecified atom stereocenters. The standard InChI is InChI=1S/C23H28N4OS/c1-3-15-27-21(14-13-19-7-5-4-6-8-19)25-26-23(27)29-17-22(28)24-16-20-11-9-18(2)10-12-20/h4-12H,3,13-17H2,1-2H3,(H,24,28). The molecule has 0 radical (unpaired) electrons. The highest BCUT2D eigenvalue weighted by Crippen LogP contribution is 2.18. The predicted molar refractivity (Wildman–Crippen MR) is 118 cm³/mol. The van der Waals surface area contributed by atoms with Crippen LogP contribution in [0, 0.1) is 6.92 Å². The van der Waals surface area contributed by atoms with Crippen LogP contribution in [0.3, 0.4) is 0 Å². The van der Waals surface area contributed by atoms with Crippen molar-refractivity contribution in [2.45, 2.75) is 51.4 Å². The number of thioether (sulfide) groups is 1. The molecule has 152 valence electrons. The van der Waals surface area contributed by atoms with E-state index in [0.717, 1.165) is 42.4 Å². The minimum Gasteiger partial charge on any atom is -0.351 e. The molecule has 0 saturated carbocycles. The van der Waals surface area contributed by atoms with Crippen LogP contribution in [-0.2, 0) is 30.7 Å².